The maximum atomic E-state index is 13.9. The summed E-state index contributed by atoms with van der Waals surface area (Å²) in [6.07, 6.45) is 0.459. The lowest BCUT2D eigenvalue weighted by Crippen LogP contribution is -2.42. The van der Waals surface area contributed by atoms with E-state index >= 15 is 0 Å². The molecule has 0 aliphatic carbocycles. The first-order valence-electron chi connectivity index (χ1n) is 11.2. The summed E-state index contributed by atoms with van der Waals surface area (Å²) >= 11 is 0. The van der Waals surface area contributed by atoms with Crippen molar-refractivity contribution in [3.8, 4) is 0 Å². The van der Waals surface area contributed by atoms with Crippen LogP contribution in [0.3, 0.4) is 0 Å². The highest BCUT2D eigenvalue weighted by molar-refractivity contribution is 6.14. The van der Waals surface area contributed by atoms with Gasteiger partial charge in [-0.1, -0.05) is 48.5 Å². The van der Waals surface area contributed by atoms with Crippen LogP contribution >= 0.6 is 0 Å². The molecule has 0 saturated carbocycles. The van der Waals surface area contributed by atoms with Gasteiger partial charge in [0.05, 0.1) is 17.6 Å². The maximum absolute atomic E-state index is 13.9. The lowest BCUT2D eigenvalue weighted by molar-refractivity contribution is 0.0984. The molecule has 9 nitrogen and oxygen atoms in total. The summed E-state index contributed by atoms with van der Waals surface area (Å²) in [7, 11) is 1.56. The second-order valence-corrected chi connectivity index (χ2v) is 8.20. The summed E-state index contributed by atoms with van der Waals surface area (Å²) in [4.78, 5) is 47.8. The van der Waals surface area contributed by atoms with Crippen LogP contribution < -0.4 is 21.9 Å². The molecule has 180 valence electrons. The quantitative estimate of drug-likeness (QED) is 0.379. The number of aromatic amines is 1. The Morgan fingerprint density at radius 3 is 2.57 bits per heavy atom. The van der Waals surface area contributed by atoms with Gasteiger partial charge in [-0.2, -0.15) is 0 Å². The highest BCUT2D eigenvalue weighted by Crippen LogP contribution is 2.25. The zero-order valence-corrected chi connectivity index (χ0v) is 19.7. The van der Waals surface area contributed by atoms with Crippen LogP contribution in [-0.2, 0) is 11.3 Å². The third kappa shape index (κ3) is 4.99. The molecule has 9 heteroatoms. The van der Waals surface area contributed by atoms with E-state index in [1.54, 1.807) is 20.1 Å². The highest BCUT2D eigenvalue weighted by Gasteiger charge is 2.26. The normalized spacial score (nSPS) is 11.0. The Morgan fingerprint density at radius 1 is 1.11 bits per heavy atom. The SMILES string of the molecule is COCCCN(C(=O)c1cc(C)nc2ccccc12)c1c(N)n(Cc2ccccc2)c(=O)[nH]c1=O. The van der Waals surface area contributed by atoms with Gasteiger partial charge in [0.2, 0.25) is 0 Å². The van der Waals surface area contributed by atoms with Gasteiger partial charge in [0, 0.05) is 31.3 Å². The van der Waals surface area contributed by atoms with Crippen molar-refractivity contribution in [1.82, 2.24) is 14.5 Å². The summed E-state index contributed by atoms with van der Waals surface area (Å²) in [6.45, 7) is 2.49. The number of H-pyrrole nitrogens is 1. The van der Waals surface area contributed by atoms with E-state index in [9.17, 15) is 14.4 Å². The molecule has 3 N–H and O–H groups in total. The summed E-state index contributed by atoms with van der Waals surface area (Å²) < 4.78 is 6.43. The number of ether oxygens (including phenoxy) is 1. The molecule has 4 aromatic rings. The van der Waals surface area contributed by atoms with Crippen molar-refractivity contribution in [1.29, 1.82) is 0 Å². The molecule has 0 aliphatic rings. The Hall–Kier alpha value is -4.24. The first-order valence-corrected chi connectivity index (χ1v) is 11.2. The number of nitrogens with zero attached hydrogens (tertiary/aromatic N) is 3. The van der Waals surface area contributed by atoms with E-state index in [1.807, 2.05) is 54.6 Å². The van der Waals surface area contributed by atoms with E-state index in [-0.39, 0.29) is 24.6 Å². The Kier molecular flexibility index (Phi) is 7.07. The van der Waals surface area contributed by atoms with Crippen molar-refractivity contribution in [3.63, 3.8) is 0 Å². The summed E-state index contributed by atoms with van der Waals surface area (Å²) in [5, 5.41) is 0.660. The number of pyridine rings is 1. The van der Waals surface area contributed by atoms with Crippen LogP contribution in [0.25, 0.3) is 10.9 Å². The molecule has 1 amide bonds. The number of nitrogens with two attached hydrogens (primary N) is 1. The zero-order valence-electron chi connectivity index (χ0n) is 19.7. The molecule has 35 heavy (non-hydrogen) atoms. The number of methoxy groups -OCH3 is 1. The predicted molar refractivity (Wildman–Crippen MR) is 136 cm³/mol. The van der Waals surface area contributed by atoms with E-state index in [2.05, 4.69) is 9.97 Å². The summed E-state index contributed by atoms with van der Waals surface area (Å²) in [6, 6.07) is 18.3. The number of para-hydroxylation sites is 1. The summed E-state index contributed by atoms with van der Waals surface area (Å²) in [5.74, 6) is -0.492. The zero-order chi connectivity index (χ0) is 24.9. The molecule has 2 aromatic carbocycles. The van der Waals surface area contributed by atoms with Gasteiger partial charge in [0.15, 0.2) is 5.69 Å². The number of amides is 1. The molecular weight excluding hydrogens is 446 g/mol. The standard InChI is InChI=1S/C26H27N5O4/c1-17-15-20(19-11-6-7-12-21(19)28-17)25(33)30(13-8-14-35-2)22-23(27)31(26(34)29-24(22)32)16-18-9-4-3-5-10-18/h3-7,9-12,15H,8,13-14,16,27H2,1-2H3,(H,29,32,34). The molecule has 0 spiro atoms. The molecule has 0 aliphatic heterocycles. The lowest BCUT2D eigenvalue weighted by Gasteiger charge is -2.25. The van der Waals surface area contributed by atoms with E-state index in [4.69, 9.17) is 10.5 Å². The van der Waals surface area contributed by atoms with Gasteiger partial charge in [0.1, 0.15) is 5.82 Å². The molecule has 0 radical (unpaired) electrons. The smallest absolute Gasteiger partial charge is 0.330 e. The van der Waals surface area contributed by atoms with Crippen molar-refractivity contribution in [2.45, 2.75) is 19.9 Å². The number of fused-ring (bicyclic) bond motifs is 1. The number of aromatic nitrogens is 3. The van der Waals surface area contributed by atoms with Crippen LogP contribution in [0, 0.1) is 6.92 Å². The van der Waals surface area contributed by atoms with Crippen molar-refractivity contribution in [2.75, 3.05) is 30.9 Å². The predicted octanol–water partition coefficient (Wildman–Crippen LogP) is 2.71. The van der Waals surface area contributed by atoms with Gasteiger partial charge in [0.25, 0.3) is 11.5 Å². The Bertz CT molecular complexity index is 1480. The molecular formula is C26H27N5O4. The first kappa shape index (κ1) is 23.9. The van der Waals surface area contributed by atoms with E-state index < -0.39 is 17.2 Å². The number of hydrogen-bond acceptors (Lipinski definition) is 6. The second kappa shape index (κ2) is 10.4. The molecule has 0 unspecified atom stereocenters. The maximum Gasteiger partial charge on any atom is 0.330 e. The minimum Gasteiger partial charge on any atom is -0.385 e. The number of rotatable bonds is 8. The van der Waals surface area contributed by atoms with Gasteiger partial charge >= 0.3 is 5.69 Å². The first-order chi connectivity index (χ1) is 16.9. The van der Waals surface area contributed by atoms with Crippen LogP contribution in [0.4, 0.5) is 11.5 Å². The number of carbonyl (C=O) groups excluding carboxylic acids is 1. The number of nitrogens with one attached hydrogen (secondary N) is 1. The highest BCUT2D eigenvalue weighted by atomic mass is 16.5. The van der Waals surface area contributed by atoms with Crippen molar-refractivity contribution in [2.24, 2.45) is 0 Å². The monoisotopic (exact) mass is 473 g/mol. The van der Waals surface area contributed by atoms with E-state index in [0.29, 0.717) is 35.2 Å². The number of nitrogen functional groups attached to an aromatic ring is 1. The second-order valence-electron chi connectivity index (χ2n) is 8.20. The van der Waals surface area contributed by atoms with Gasteiger partial charge in [-0.05, 0) is 31.0 Å². The van der Waals surface area contributed by atoms with Crippen LogP contribution in [0.2, 0.25) is 0 Å². The minimum atomic E-state index is -0.724. The van der Waals surface area contributed by atoms with Crippen molar-refractivity contribution in [3.05, 3.63) is 98.3 Å². The number of hydrogen-bond donors (Lipinski definition) is 2. The number of aryl methyl sites for hydroxylation is 1. The third-order valence-electron chi connectivity index (χ3n) is 5.72. The Morgan fingerprint density at radius 2 is 1.83 bits per heavy atom. The molecule has 0 saturated heterocycles. The van der Waals surface area contributed by atoms with Gasteiger partial charge in [-0.25, -0.2) is 4.79 Å². The third-order valence-corrected chi connectivity index (χ3v) is 5.72. The number of anilines is 2. The topological polar surface area (TPSA) is 123 Å². The van der Waals surface area contributed by atoms with E-state index in [0.717, 1.165) is 5.56 Å². The number of carbonyl (C=O) groups is 1. The van der Waals surface area contributed by atoms with Crippen molar-refractivity contribution < 1.29 is 9.53 Å². The Labute approximate surface area is 201 Å². The van der Waals surface area contributed by atoms with Gasteiger partial charge in [-0.3, -0.25) is 24.1 Å². The Balaban J connectivity index is 1.86. The van der Waals surface area contributed by atoms with Gasteiger partial charge in [-0.15, -0.1) is 0 Å². The van der Waals surface area contributed by atoms with E-state index in [1.165, 1.54) is 9.47 Å². The van der Waals surface area contributed by atoms with Crippen LogP contribution in [0.15, 0.2) is 70.3 Å². The summed E-state index contributed by atoms with van der Waals surface area (Å²) in [5.41, 5.74) is 7.52. The lowest BCUT2D eigenvalue weighted by atomic mass is 10.1. The van der Waals surface area contributed by atoms with Crippen molar-refractivity contribution >= 4 is 28.3 Å². The average Bonchev–Trinajstić information content (AvgIpc) is 2.85. The van der Waals surface area contributed by atoms with Crippen LogP contribution in [0.1, 0.15) is 28.0 Å². The molecule has 0 bridgehead atoms. The molecule has 0 fully saturated rings. The largest absolute Gasteiger partial charge is 0.385 e. The fraction of sp³-hybridized carbons (Fsp3) is 0.231. The number of benzene rings is 2. The molecule has 2 heterocycles. The van der Waals surface area contributed by atoms with Crippen LogP contribution in [0.5, 0.6) is 0 Å². The van der Waals surface area contributed by atoms with Gasteiger partial charge < -0.3 is 15.4 Å². The fourth-order valence-electron chi connectivity index (χ4n) is 4.07. The van der Waals surface area contributed by atoms with Crippen LogP contribution in [-0.4, -0.2) is 40.7 Å². The fourth-order valence-corrected chi connectivity index (χ4v) is 4.07. The minimum absolute atomic E-state index is 0.0693. The molecule has 2 aromatic heterocycles. The molecule has 0 atom stereocenters. The average molecular weight is 474 g/mol. The molecule has 4 rings (SSSR count).